The first-order chi connectivity index (χ1) is 9.52. The van der Waals surface area contributed by atoms with Crippen molar-refractivity contribution in [3.05, 3.63) is 33.6 Å². The van der Waals surface area contributed by atoms with E-state index in [0.717, 1.165) is 6.42 Å². The van der Waals surface area contributed by atoms with E-state index in [0.29, 0.717) is 29.0 Å². The SMILES string of the molecule is CCCn1c(SCc2cc(C(=O)O)c(C)o2)n[nH]c1=O. The summed E-state index contributed by atoms with van der Waals surface area (Å²) in [4.78, 5) is 22.4. The summed E-state index contributed by atoms with van der Waals surface area (Å²) in [5.74, 6) is 0.330. The molecule has 0 saturated heterocycles. The topological polar surface area (TPSA) is 101 Å². The fraction of sp³-hybridized carbons (Fsp3) is 0.417. The summed E-state index contributed by atoms with van der Waals surface area (Å²) in [7, 11) is 0. The van der Waals surface area contributed by atoms with Crippen LogP contribution < -0.4 is 5.69 Å². The predicted molar refractivity (Wildman–Crippen MR) is 73.1 cm³/mol. The number of nitrogens with one attached hydrogen (secondary N) is 1. The number of hydrogen-bond donors (Lipinski definition) is 2. The van der Waals surface area contributed by atoms with Crippen molar-refractivity contribution < 1.29 is 14.3 Å². The number of nitrogens with zero attached hydrogens (tertiary/aromatic N) is 2. The van der Waals surface area contributed by atoms with E-state index in [2.05, 4.69) is 10.2 Å². The second-order valence-corrected chi connectivity index (χ2v) is 5.18. The van der Waals surface area contributed by atoms with Crippen molar-refractivity contribution in [2.45, 2.75) is 37.7 Å². The fourth-order valence-electron chi connectivity index (χ4n) is 1.80. The third kappa shape index (κ3) is 2.96. The largest absolute Gasteiger partial charge is 0.478 e. The van der Waals surface area contributed by atoms with Crippen LogP contribution in [-0.2, 0) is 12.3 Å². The minimum atomic E-state index is -1.01. The molecule has 0 saturated carbocycles. The Balaban J connectivity index is 2.11. The number of carboxylic acid groups (broad SMARTS) is 1. The van der Waals surface area contributed by atoms with Crippen molar-refractivity contribution in [1.82, 2.24) is 14.8 Å². The molecule has 0 bridgehead atoms. The highest BCUT2D eigenvalue weighted by Gasteiger charge is 2.15. The van der Waals surface area contributed by atoms with Crippen LogP contribution in [0.4, 0.5) is 0 Å². The molecule has 2 aromatic heterocycles. The number of hydrogen-bond acceptors (Lipinski definition) is 5. The van der Waals surface area contributed by atoms with E-state index in [9.17, 15) is 9.59 Å². The third-order valence-corrected chi connectivity index (χ3v) is 3.71. The van der Waals surface area contributed by atoms with E-state index in [1.807, 2.05) is 6.92 Å². The van der Waals surface area contributed by atoms with Crippen LogP contribution in [0.5, 0.6) is 0 Å². The molecule has 0 aliphatic carbocycles. The normalized spacial score (nSPS) is 10.9. The number of H-pyrrole nitrogens is 1. The average Bonchev–Trinajstić information content (AvgIpc) is 2.93. The molecule has 7 nitrogen and oxygen atoms in total. The number of aromatic nitrogens is 3. The van der Waals surface area contributed by atoms with Crippen molar-refractivity contribution in [2.24, 2.45) is 0 Å². The first-order valence-electron chi connectivity index (χ1n) is 6.13. The van der Waals surface area contributed by atoms with Gasteiger partial charge in [-0.2, -0.15) is 0 Å². The molecule has 2 N–H and O–H groups in total. The van der Waals surface area contributed by atoms with Gasteiger partial charge in [0, 0.05) is 6.54 Å². The fourth-order valence-corrected chi connectivity index (χ4v) is 2.65. The summed E-state index contributed by atoms with van der Waals surface area (Å²) >= 11 is 1.33. The minimum absolute atomic E-state index is 0.161. The molecule has 8 heteroatoms. The molecule has 2 rings (SSSR count). The van der Waals surface area contributed by atoms with Gasteiger partial charge < -0.3 is 9.52 Å². The lowest BCUT2D eigenvalue weighted by Crippen LogP contribution is -2.17. The standard InChI is InChI=1S/C12H15N3O4S/c1-3-4-15-11(18)13-14-12(15)20-6-8-5-9(10(16)17)7(2)19-8/h5H,3-4,6H2,1-2H3,(H,13,18)(H,16,17). The number of carbonyl (C=O) groups is 1. The zero-order valence-electron chi connectivity index (χ0n) is 11.2. The van der Waals surface area contributed by atoms with Gasteiger partial charge in [-0.3, -0.25) is 4.57 Å². The van der Waals surface area contributed by atoms with Crippen molar-refractivity contribution in [3.8, 4) is 0 Å². The molecule has 0 aliphatic heterocycles. The summed E-state index contributed by atoms with van der Waals surface area (Å²) in [6.45, 7) is 4.18. The van der Waals surface area contributed by atoms with Crippen molar-refractivity contribution in [2.75, 3.05) is 0 Å². The molecule has 0 aromatic carbocycles. The average molecular weight is 297 g/mol. The van der Waals surface area contributed by atoms with Gasteiger partial charge in [-0.05, 0) is 19.4 Å². The maximum absolute atomic E-state index is 11.5. The lowest BCUT2D eigenvalue weighted by atomic mass is 10.2. The van der Waals surface area contributed by atoms with Crippen LogP contribution in [0.15, 0.2) is 20.4 Å². The molecule has 0 atom stereocenters. The molecular weight excluding hydrogens is 282 g/mol. The lowest BCUT2D eigenvalue weighted by molar-refractivity contribution is 0.0695. The van der Waals surface area contributed by atoms with Crippen molar-refractivity contribution in [3.63, 3.8) is 0 Å². The van der Waals surface area contributed by atoms with Gasteiger partial charge >= 0.3 is 11.7 Å². The van der Waals surface area contributed by atoms with Crippen molar-refractivity contribution in [1.29, 1.82) is 0 Å². The van der Waals surface area contributed by atoms with E-state index in [1.165, 1.54) is 17.8 Å². The number of thioether (sulfide) groups is 1. The second-order valence-electron chi connectivity index (χ2n) is 4.24. The van der Waals surface area contributed by atoms with E-state index < -0.39 is 5.97 Å². The van der Waals surface area contributed by atoms with Crippen LogP contribution in [0.2, 0.25) is 0 Å². The highest BCUT2D eigenvalue weighted by Crippen LogP contribution is 2.23. The summed E-state index contributed by atoms with van der Waals surface area (Å²) in [5.41, 5.74) is -0.0789. The zero-order valence-corrected chi connectivity index (χ0v) is 12.0. The molecular formula is C12H15N3O4S. The zero-order chi connectivity index (χ0) is 14.7. The molecule has 0 unspecified atom stereocenters. The minimum Gasteiger partial charge on any atom is -0.478 e. The Morgan fingerprint density at radius 3 is 2.95 bits per heavy atom. The van der Waals surface area contributed by atoms with Gasteiger partial charge in [-0.1, -0.05) is 18.7 Å². The van der Waals surface area contributed by atoms with E-state index in [1.54, 1.807) is 11.5 Å². The monoisotopic (exact) mass is 297 g/mol. The van der Waals surface area contributed by atoms with E-state index in [-0.39, 0.29) is 11.3 Å². The number of aromatic amines is 1. The van der Waals surface area contributed by atoms with Crippen LogP contribution in [0, 0.1) is 6.92 Å². The maximum Gasteiger partial charge on any atom is 0.343 e. The lowest BCUT2D eigenvalue weighted by Gasteiger charge is -2.01. The highest BCUT2D eigenvalue weighted by molar-refractivity contribution is 7.98. The van der Waals surface area contributed by atoms with Crippen LogP contribution in [-0.4, -0.2) is 25.8 Å². The molecule has 0 spiro atoms. The Morgan fingerprint density at radius 1 is 1.60 bits per heavy atom. The summed E-state index contributed by atoms with van der Waals surface area (Å²) in [6, 6.07) is 1.50. The number of rotatable bonds is 6. The molecule has 108 valence electrons. The Morgan fingerprint density at radius 2 is 2.35 bits per heavy atom. The quantitative estimate of drug-likeness (QED) is 0.789. The van der Waals surface area contributed by atoms with Gasteiger partial charge in [0.15, 0.2) is 5.16 Å². The number of carboxylic acids is 1. The molecule has 0 aliphatic rings. The van der Waals surface area contributed by atoms with E-state index in [4.69, 9.17) is 9.52 Å². The Bertz CT molecular complexity index is 671. The predicted octanol–water partition coefficient (Wildman–Crippen LogP) is 1.87. The summed E-state index contributed by atoms with van der Waals surface area (Å²) in [5, 5.41) is 15.9. The molecule has 2 aromatic rings. The van der Waals surface area contributed by atoms with Crippen LogP contribution in [0.25, 0.3) is 0 Å². The first kappa shape index (κ1) is 14.4. The molecule has 20 heavy (non-hydrogen) atoms. The molecule has 0 amide bonds. The maximum atomic E-state index is 11.5. The van der Waals surface area contributed by atoms with Gasteiger partial charge in [0.2, 0.25) is 0 Å². The Hall–Kier alpha value is -1.96. The number of aromatic carboxylic acids is 1. The summed E-state index contributed by atoms with van der Waals surface area (Å²) in [6.07, 6.45) is 0.829. The Labute approximate surface area is 119 Å². The van der Waals surface area contributed by atoms with Gasteiger partial charge in [-0.25, -0.2) is 14.7 Å². The van der Waals surface area contributed by atoms with Crippen molar-refractivity contribution >= 4 is 17.7 Å². The van der Waals surface area contributed by atoms with E-state index >= 15 is 0 Å². The number of aryl methyl sites for hydroxylation is 1. The molecule has 0 fully saturated rings. The first-order valence-corrected chi connectivity index (χ1v) is 7.12. The Kier molecular flexibility index (Phi) is 4.33. The number of furan rings is 1. The smallest absolute Gasteiger partial charge is 0.343 e. The van der Waals surface area contributed by atoms with Crippen LogP contribution in [0.1, 0.15) is 35.2 Å². The van der Waals surface area contributed by atoms with Gasteiger partial charge in [0.1, 0.15) is 17.1 Å². The van der Waals surface area contributed by atoms with Gasteiger partial charge in [0.05, 0.1) is 5.75 Å². The van der Waals surface area contributed by atoms with Crippen LogP contribution >= 0.6 is 11.8 Å². The molecule has 2 heterocycles. The molecule has 0 radical (unpaired) electrons. The summed E-state index contributed by atoms with van der Waals surface area (Å²) < 4.78 is 6.93. The van der Waals surface area contributed by atoms with Crippen LogP contribution in [0.3, 0.4) is 0 Å². The second kappa shape index (κ2) is 6.00. The highest BCUT2D eigenvalue weighted by atomic mass is 32.2. The third-order valence-electron chi connectivity index (χ3n) is 2.71. The van der Waals surface area contributed by atoms with Gasteiger partial charge in [-0.15, -0.1) is 5.10 Å². The van der Waals surface area contributed by atoms with Gasteiger partial charge in [0.25, 0.3) is 0 Å².